The van der Waals surface area contributed by atoms with E-state index in [1.807, 2.05) is 0 Å². The number of nitrogens with two attached hydrogens (primary N) is 2. The summed E-state index contributed by atoms with van der Waals surface area (Å²) in [5.74, 6) is -1.51. The fourth-order valence-corrected chi connectivity index (χ4v) is 8.83. The number of phenols is 2. The molecular formula is C34H40N10O20S6. The summed E-state index contributed by atoms with van der Waals surface area (Å²) >= 11 is 0. The predicted octanol–water partition coefficient (Wildman–Crippen LogP) is 9.98. The average molecular weight is 1100 g/mol. The van der Waals surface area contributed by atoms with Gasteiger partial charge in [-0.2, -0.15) is 55.9 Å². The minimum absolute atomic E-state index is 0.0188. The lowest BCUT2D eigenvalue weighted by molar-refractivity contribution is 0.374. The largest absolute Gasteiger partial charge is 0.505 e. The Hall–Kier alpha value is -5.88. The molecule has 0 fully saturated rings. The zero-order chi connectivity index (χ0) is 53.3. The van der Waals surface area contributed by atoms with E-state index < -0.39 is 111 Å². The molecule has 0 unspecified atom stereocenters. The van der Waals surface area contributed by atoms with Gasteiger partial charge in [0.2, 0.25) is 0 Å². The molecule has 0 amide bonds. The van der Waals surface area contributed by atoms with Gasteiger partial charge in [0.25, 0.3) is 30.4 Å². The Morgan fingerprint density at radius 3 is 1.11 bits per heavy atom. The van der Waals surface area contributed by atoms with Crippen LogP contribution in [0.3, 0.4) is 0 Å². The summed E-state index contributed by atoms with van der Waals surface area (Å²) in [4.78, 5) is -2.92. The molecule has 6 rings (SSSR count). The highest BCUT2D eigenvalue weighted by Gasteiger charge is 2.28. The number of nitrogens with zero attached hydrogens (tertiary/aromatic N) is 8. The molecule has 0 spiro atoms. The summed E-state index contributed by atoms with van der Waals surface area (Å²) in [7, 11) is -23.6. The Labute approximate surface area is 399 Å². The minimum atomic E-state index is -5.18. The van der Waals surface area contributed by atoms with Crippen LogP contribution in [0.4, 0.5) is 45.5 Å². The third-order valence-electron chi connectivity index (χ3n) is 8.53. The number of hydrogen-bond acceptors (Lipinski definition) is 27. The van der Waals surface area contributed by atoms with E-state index in [1.54, 1.807) is 0 Å². The van der Waals surface area contributed by atoms with Crippen molar-refractivity contribution in [3.63, 3.8) is 0 Å². The van der Waals surface area contributed by atoms with Gasteiger partial charge in [-0.1, -0.05) is 12.1 Å². The molecule has 0 saturated heterocycles. The maximum Gasteiger partial charge on any atom is 0.296 e. The fraction of sp³-hybridized carbons (Fsp3) is 0.118. The van der Waals surface area contributed by atoms with Gasteiger partial charge in [-0.05, 0) is 59.3 Å². The van der Waals surface area contributed by atoms with Crippen LogP contribution in [0, 0.1) is 0 Å². The van der Waals surface area contributed by atoms with Gasteiger partial charge >= 0.3 is 0 Å². The molecule has 18 N–H and O–H groups in total. The second-order valence-corrected chi connectivity index (χ2v) is 22.6. The number of rotatable bonds is 10. The quantitative estimate of drug-likeness (QED) is 0.0344. The molecule has 36 heteroatoms. The van der Waals surface area contributed by atoms with Crippen molar-refractivity contribution < 1.29 is 90.1 Å². The molecule has 382 valence electrons. The molecule has 0 aliphatic carbocycles. The normalized spacial score (nSPS) is 13.9. The summed E-state index contributed by atoms with van der Waals surface area (Å²) in [6.07, 6.45) is 1.65. The van der Waals surface area contributed by atoms with Crippen molar-refractivity contribution in [2.24, 2.45) is 40.9 Å². The molecular weight excluding hydrogens is 1060 g/mol. The molecule has 0 saturated carbocycles. The van der Waals surface area contributed by atoms with Crippen molar-refractivity contribution in [1.29, 1.82) is 0 Å². The third kappa shape index (κ3) is 14.1. The molecule has 0 bridgehead atoms. The van der Waals surface area contributed by atoms with Gasteiger partial charge in [0, 0.05) is 31.1 Å². The number of hydrogen-bond donors (Lipinski definition) is 16. The maximum absolute atomic E-state index is 12.7. The van der Waals surface area contributed by atoms with Gasteiger partial charge in [0.05, 0.1) is 60.4 Å². The molecule has 70 heavy (non-hydrogen) atoms. The SMILES string of the molecule is CN=Nc1c(S(O)(O)O)cc2ccc(N=Nc3cc(S(O)(O)O)c4cc(N=Nc5ccc6cc(S(=O)(=O)O)c(N=NC)c(O)c6c5N)cc(S(=O)(=O)O)c4c3)c(N)c2c1O.CS(=O)(=O)O.CS(O)(O)O. The van der Waals surface area contributed by atoms with E-state index in [0.29, 0.717) is 6.26 Å². The smallest absolute Gasteiger partial charge is 0.296 e. The number of benzene rings is 6. The molecule has 0 aromatic heterocycles. The third-order valence-corrected chi connectivity index (χ3v) is 12.1. The topological polar surface area (TPSA) is 537 Å². The zero-order valence-electron chi connectivity index (χ0n) is 35.7. The van der Waals surface area contributed by atoms with Gasteiger partial charge in [0.15, 0.2) is 11.5 Å². The van der Waals surface area contributed by atoms with Crippen molar-refractivity contribution in [1.82, 2.24) is 0 Å². The first-order valence-electron chi connectivity index (χ1n) is 17.9. The number of azo groups is 4. The van der Waals surface area contributed by atoms with Crippen LogP contribution in [0.5, 0.6) is 11.5 Å². The summed E-state index contributed by atoms with van der Waals surface area (Å²) in [5.41, 5.74) is 9.82. The molecule has 6 aromatic carbocycles. The highest BCUT2D eigenvalue weighted by Crippen LogP contribution is 2.56. The molecule has 0 heterocycles. The fourth-order valence-electron chi connectivity index (χ4n) is 6.03. The van der Waals surface area contributed by atoms with Crippen molar-refractivity contribution in [2.75, 3.05) is 38.1 Å². The van der Waals surface area contributed by atoms with Crippen LogP contribution in [0.1, 0.15) is 0 Å². The lowest BCUT2D eigenvalue weighted by Gasteiger charge is -2.22. The molecule has 30 nitrogen and oxygen atoms in total. The summed E-state index contributed by atoms with van der Waals surface area (Å²) < 4.78 is 179. The Balaban J connectivity index is 0.000000967. The highest BCUT2D eigenvalue weighted by molar-refractivity contribution is 8.20. The van der Waals surface area contributed by atoms with E-state index in [2.05, 4.69) is 40.9 Å². The first-order valence-corrected chi connectivity index (χ1v) is 27.6. The lowest BCUT2D eigenvalue weighted by Crippen LogP contribution is -2.02. The van der Waals surface area contributed by atoms with Crippen LogP contribution < -0.4 is 11.5 Å². The van der Waals surface area contributed by atoms with E-state index in [0.717, 1.165) is 42.7 Å². The number of nitrogen functional groups attached to an aromatic ring is 2. The molecule has 0 atom stereocenters. The van der Waals surface area contributed by atoms with Crippen molar-refractivity contribution >= 4 is 141 Å². The summed E-state index contributed by atoms with van der Waals surface area (Å²) in [5, 5.41) is 51.0. The molecule has 0 radical (unpaired) electrons. The Bertz CT molecular complexity index is 3510. The van der Waals surface area contributed by atoms with E-state index in [4.69, 9.17) is 29.7 Å². The number of fused-ring (bicyclic) bond motifs is 3. The maximum atomic E-state index is 12.7. The molecule has 6 aromatic rings. The van der Waals surface area contributed by atoms with Crippen LogP contribution in [-0.4, -0.2) is 117 Å². The lowest BCUT2D eigenvalue weighted by atomic mass is 10.1. The monoisotopic (exact) mass is 1100 g/mol. The van der Waals surface area contributed by atoms with Crippen molar-refractivity contribution in [3.05, 3.63) is 60.7 Å². The zero-order valence-corrected chi connectivity index (χ0v) is 40.6. The number of aromatic hydroxyl groups is 2. The van der Waals surface area contributed by atoms with Gasteiger partial charge in [-0.15, -0.1) is 10.2 Å². The molecule has 0 aliphatic heterocycles. The average Bonchev–Trinajstić information content (AvgIpc) is 3.18. The van der Waals surface area contributed by atoms with Crippen LogP contribution in [0.15, 0.2) is 121 Å². The van der Waals surface area contributed by atoms with Crippen LogP contribution in [0.25, 0.3) is 32.3 Å². The van der Waals surface area contributed by atoms with E-state index in [9.17, 15) is 71.9 Å². The second kappa shape index (κ2) is 20.8. The Morgan fingerprint density at radius 1 is 0.443 bits per heavy atom. The first-order chi connectivity index (χ1) is 31.9. The van der Waals surface area contributed by atoms with E-state index in [-0.39, 0.29) is 61.1 Å². The van der Waals surface area contributed by atoms with Crippen molar-refractivity contribution in [2.45, 2.75) is 19.6 Å². The summed E-state index contributed by atoms with van der Waals surface area (Å²) in [6.45, 7) is 0. The van der Waals surface area contributed by atoms with Gasteiger partial charge in [-0.3, -0.25) is 13.7 Å². The highest BCUT2D eigenvalue weighted by atomic mass is 32.3. The van der Waals surface area contributed by atoms with Crippen LogP contribution >= 0.6 is 32.6 Å². The standard InChI is InChI=1S/C32H30N10O14S4.CH6O3S.CH4O3S/c1-35-41-29-23(59(51,52)53)7-13-3-5-19(27(33)25(13)31(29)43)39-37-15-9-17-18(21(11-15)57(45,46)47)10-16(12-22(17)58(48,49)50)38-40-20-6-4-14-8-24(60(54,55)56)30(42-36-2)32(44)26(14)28(20)34;2*1-5(2,3)4/h3-12,43-47,51-53H,33-34H2,1-2H3,(H,48,49,50)(H,54,55,56);2-4H,1H3;1H3,(H,2,3,4). The Kier molecular flexibility index (Phi) is 16.9. The van der Waals surface area contributed by atoms with E-state index >= 15 is 0 Å². The first kappa shape index (κ1) is 56.7. The minimum Gasteiger partial charge on any atom is -0.505 e. The second-order valence-electron chi connectivity index (χ2n) is 13.8. The Morgan fingerprint density at radius 2 is 0.771 bits per heavy atom. The number of anilines is 2. The van der Waals surface area contributed by atoms with Crippen molar-refractivity contribution in [3.8, 4) is 11.5 Å². The van der Waals surface area contributed by atoms with E-state index in [1.165, 1.54) is 38.4 Å². The van der Waals surface area contributed by atoms with Gasteiger partial charge in [0.1, 0.15) is 54.3 Å². The number of phenolic OH excluding ortho intramolecular Hbond substituents is 2. The van der Waals surface area contributed by atoms with Gasteiger partial charge in [-0.25, -0.2) is 0 Å². The van der Waals surface area contributed by atoms with Crippen LogP contribution in [-0.2, 0) is 30.4 Å². The predicted molar refractivity (Wildman–Crippen MR) is 259 cm³/mol. The van der Waals surface area contributed by atoms with Gasteiger partial charge < -0.3 is 62.7 Å². The van der Waals surface area contributed by atoms with Crippen LogP contribution in [0.2, 0.25) is 0 Å². The molecule has 0 aliphatic rings. The summed E-state index contributed by atoms with van der Waals surface area (Å²) in [6, 6.07) is 11.0.